The summed E-state index contributed by atoms with van der Waals surface area (Å²) in [7, 11) is 2.06. The van der Waals surface area contributed by atoms with E-state index in [-0.39, 0.29) is 0 Å². The third kappa shape index (κ3) is 3.59. The minimum atomic E-state index is 0.548. The Labute approximate surface area is 130 Å². The van der Waals surface area contributed by atoms with E-state index in [2.05, 4.69) is 29.8 Å². The fourth-order valence-corrected chi connectivity index (χ4v) is 2.30. The SMILES string of the molecule is CC.Cn1c(COc2ccc(Cl)cc2)cc2ccccc21. The number of aryl methyl sites for hydroxylation is 1. The molecule has 2 nitrogen and oxygen atoms in total. The van der Waals surface area contributed by atoms with Crippen LogP contribution in [0.3, 0.4) is 0 Å². The third-order valence-electron chi connectivity index (χ3n) is 3.25. The van der Waals surface area contributed by atoms with E-state index in [9.17, 15) is 0 Å². The van der Waals surface area contributed by atoms with E-state index in [0.29, 0.717) is 6.61 Å². The van der Waals surface area contributed by atoms with Gasteiger partial charge < -0.3 is 9.30 Å². The molecule has 0 atom stereocenters. The van der Waals surface area contributed by atoms with Gasteiger partial charge in [0.1, 0.15) is 12.4 Å². The molecule has 3 heteroatoms. The molecule has 0 unspecified atom stereocenters. The predicted octanol–water partition coefficient (Wildman–Crippen LogP) is 5.44. The molecule has 21 heavy (non-hydrogen) atoms. The second-order valence-electron chi connectivity index (χ2n) is 4.50. The van der Waals surface area contributed by atoms with Crippen molar-refractivity contribution in [2.75, 3.05) is 0 Å². The first-order valence-corrected chi connectivity index (χ1v) is 7.53. The van der Waals surface area contributed by atoms with Crippen molar-refractivity contribution < 1.29 is 4.74 Å². The van der Waals surface area contributed by atoms with Gasteiger partial charge in [0.25, 0.3) is 0 Å². The molecular weight excluding hydrogens is 282 g/mol. The maximum Gasteiger partial charge on any atom is 0.128 e. The highest BCUT2D eigenvalue weighted by molar-refractivity contribution is 6.30. The number of nitrogens with zero attached hydrogens (tertiary/aromatic N) is 1. The van der Waals surface area contributed by atoms with Crippen LogP contribution in [0.4, 0.5) is 0 Å². The first-order chi connectivity index (χ1) is 10.2. The van der Waals surface area contributed by atoms with Crippen LogP contribution in [0.25, 0.3) is 10.9 Å². The molecule has 0 amide bonds. The zero-order chi connectivity index (χ0) is 15.2. The second kappa shape index (κ2) is 7.19. The monoisotopic (exact) mass is 301 g/mol. The van der Waals surface area contributed by atoms with Gasteiger partial charge in [-0.25, -0.2) is 0 Å². The van der Waals surface area contributed by atoms with Gasteiger partial charge in [-0.1, -0.05) is 43.6 Å². The van der Waals surface area contributed by atoms with Gasteiger partial charge in [0.2, 0.25) is 0 Å². The Bertz CT molecular complexity index is 701. The van der Waals surface area contributed by atoms with Crippen LogP contribution in [0.2, 0.25) is 5.02 Å². The molecule has 1 aromatic heterocycles. The Hall–Kier alpha value is -1.93. The van der Waals surface area contributed by atoms with E-state index in [1.54, 1.807) is 0 Å². The van der Waals surface area contributed by atoms with Gasteiger partial charge in [-0.05, 0) is 41.8 Å². The minimum Gasteiger partial charge on any atom is -0.487 e. The zero-order valence-corrected chi connectivity index (χ0v) is 13.4. The Morgan fingerprint density at radius 3 is 2.33 bits per heavy atom. The summed E-state index contributed by atoms with van der Waals surface area (Å²) in [5.74, 6) is 0.828. The predicted molar refractivity (Wildman–Crippen MR) is 90.1 cm³/mol. The summed E-state index contributed by atoms with van der Waals surface area (Å²) >= 11 is 5.85. The summed E-state index contributed by atoms with van der Waals surface area (Å²) in [4.78, 5) is 0. The highest BCUT2D eigenvalue weighted by Crippen LogP contribution is 2.21. The van der Waals surface area contributed by atoms with Gasteiger partial charge in [-0.2, -0.15) is 0 Å². The van der Waals surface area contributed by atoms with Crippen molar-refractivity contribution in [3.8, 4) is 5.75 Å². The van der Waals surface area contributed by atoms with Crippen LogP contribution in [0.5, 0.6) is 5.75 Å². The van der Waals surface area contributed by atoms with E-state index in [0.717, 1.165) is 16.5 Å². The highest BCUT2D eigenvalue weighted by atomic mass is 35.5. The lowest BCUT2D eigenvalue weighted by atomic mass is 10.2. The van der Waals surface area contributed by atoms with E-state index in [1.807, 2.05) is 50.2 Å². The van der Waals surface area contributed by atoms with Gasteiger partial charge in [-0.3, -0.25) is 0 Å². The lowest BCUT2D eigenvalue weighted by Gasteiger charge is -2.07. The third-order valence-corrected chi connectivity index (χ3v) is 3.50. The van der Waals surface area contributed by atoms with Gasteiger partial charge in [-0.15, -0.1) is 0 Å². The molecule has 0 aliphatic heterocycles. The Balaban J connectivity index is 0.000000774. The molecule has 110 valence electrons. The number of rotatable bonds is 3. The molecular formula is C18H20ClNO. The molecule has 0 fully saturated rings. The van der Waals surface area contributed by atoms with Gasteiger partial charge in [0, 0.05) is 17.6 Å². The lowest BCUT2D eigenvalue weighted by Crippen LogP contribution is -2.01. The molecule has 3 aromatic rings. The molecule has 0 saturated heterocycles. The van der Waals surface area contributed by atoms with Crippen molar-refractivity contribution >= 4 is 22.5 Å². The number of halogens is 1. The van der Waals surface area contributed by atoms with Crippen LogP contribution in [0.1, 0.15) is 19.5 Å². The van der Waals surface area contributed by atoms with Crippen LogP contribution in [0.15, 0.2) is 54.6 Å². The standard InChI is InChI=1S/C16H14ClNO.C2H6/c1-18-14(10-12-4-2-3-5-16(12)18)11-19-15-8-6-13(17)7-9-15;1-2/h2-10H,11H2,1H3;1-2H3. The zero-order valence-electron chi connectivity index (χ0n) is 12.6. The average Bonchev–Trinajstić information content (AvgIpc) is 2.86. The summed E-state index contributed by atoms with van der Waals surface area (Å²) < 4.78 is 7.94. The van der Waals surface area contributed by atoms with Crippen molar-refractivity contribution in [2.24, 2.45) is 7.05 Å². The molecule has 1 heterocycles. The van der Waals surface area contributed by atoms with Crippen molar-refractivity contribution in [3.63, 3.8) is 0 Å². The van der Waals surface area contributed by atoms with Crippen LogP contribution in [0, 0.1) is 0 Å². The van der Waals surface area contributed by atoms with E-state index >= 15 is 0 Å². The van der Waals surface area contributed by atoms with E-state index < -0.39 is 0 Å². The minimum absolute atomic E-state index is 0.548. The van der Waals surface area contributed by atoms with Crippen LogP contribution in [-0.2, 0) is 13.7 Å². The average molecular weight is 302 g/mol. The molecule has 0 bridgehead atoms. The van der Waals surface area contributed by atoms with Crippen molar-refractivity contribution in [3.05, 3.63) is 65.3 Å². The van der Waals surface area contributed by atoms with E-state index in [4.69, 9.17) is 16.3 Å². The Morgan fingerprint density at radius 1 is 1.00 bits per heavy atom. The number of benzene rings is 2. The van der Waals surface area contributed by atoms with Gasteiger partial charge in [0.15, 0.2) is 0 Å². The highest BCUT2D eigenvalue weighted by Gasteiger charge is 2.05. The normalized spacial score (nSPS) is 10.1. The summed E-state index contributed by atoms with van der Waals surface area (Å²) in [5.41, 5.74) is 2.37. The first kappa shape index (κ1) is 15.5. The fourth-order valence-electron chi connectivity index (χ4n) is 2.17. The summed E-state index contributed by atoms with van der Waals surface area (Å²) in [5, 5.41) is 1.96. The van der Waals surface area contributed by atoms with Crippen molar-refractivity contribution in [2.45, 2.75) is 20.5 Å². The molecule has 0 saturated carbocycles. The summed E-state index contributed by atoms with van der Waals surface area (Å²) in [6.45, 7) is 4.55. The van der Waals surface area contributed by atoms with Gasteiger partial charge >= 0.3 is 0 Å². The maximum atomic E-state index is 5.85. The van der Waals surface area contributed by atoms with Crippen LogP contribution in [-0.4, -0.2) is 4.57 Å². The number of para-hydroxylation sites is 1. The Morgan fingerprint density at radius 2 is 1.67 bits per heavy atom. The lowest BCUT2D eigenvalue weighted by molar-refractivity contribution is 0.298. The van der Waals surface area contributed by atoms with Crippen molar-refractivity contribution in [1.82, 2.24) is 4.57 Å². The smallest absolute Gasteiger partial charge is 0.128 e. The van der Waals surface area contributed by atoms with Crippen LogP contribution >= 0.6 is 11.6 Å². The molecule has 0 aliphatic carbocycles. The quantitative estimate of drug-likeness (QED) is 0.628. The molecule has 0 N–H and O–H groups in total. The fraction of sp³-hybridized carbons (Fsp3) is 0.222. The molecule has 0 spiro atoms. The van der Waals surface area contributed by atoms with Crippen molar-refractivity contribution in [1.29, 1.82) is 0 Å². The maximum absolute atomic E-state index is 5.85. The number of fused-ring (bicyclic) bond motifs is 1. The summed E-state index contributed by atoms with van der Waals surface area (Å²) in [6.07, 6.45) is 0. The largest absolute Gasteiger partial charge is 0.487 e. The number of hydrogen-bond acceptors (Lipinski definition) is 1. The van der Waals surface area contributed by atoms with Gasteiger partial charge in [0.05, 0.1) is 5.69 Å². The molecule has 3 rings (SSSR count). The summed E-state index contributed by atoms with van der Waals surface area (Å²) in [6, 6.07) is 17.9. The molecule has 0 aliphatic rings. The Kier molecular flexibility index (Phi) is 5.29. The molecule has 2 aromatic carbocycles. The first-order valence-electron chi connectivity index (χ1n) is 7.16. The second-order valence-corrected chi connectivity index (χ2v) is 4.93. The van der Waals surface area contributed by atoms with Crippen LogP contribution < -0.4 is 4.74 Å². The van der Waals surface area contributed by atoms with E-state index in [1.165, 1.54) is 10.9 Å². The topological polar surface area (TPSA) is 14.2 Å². The molecule has 0 radical (unpaired) electrons. The number of ether oxygens (including phenoxy) is 1. The number of hydrogen-bond donors (Lipinski definition) is 0. The number of aromatic nitrogens is 1.